The van der Waals surface area contributed by atoms with E-state index in [4.69, 9.17) is 0 Å². The van der Waals surface area contributed by atoms with Crippen molar-refractivity contribution in [1.82, 2.24) is 0 Å². The van der Waals surface area contributed by atoms with Gasteiger partial charge in [0.1, 0.15) is 0 Å². The monoisotopic (exact) mass is 684 g/mol. The van der Waals surface area contributed by atoms with Crippen LogP contribution in [0.3, 0.4) is 0 Å². The van der Waals surface area contributed by atoms with Gasteiger partial charge in [-0.25, -0.2) is 0 Å². The summed E-state index contributed by atoms with van der Waals surface area (Å²) in [5.74, 6) is 0. The predicted octanol–water partition coefficient (Wildman–Crippen LogP) is 15.1. The fourth-order valence-corrected chi connectivity index (χ4v) is 8.25. The molecule has 252 valence electrons. The Hall–Kier alpha value is -7.02. The smallest absolute Gasteiger partial charge is 0.00261 e. The molecule has 0 unspecified atom stereocenters. The normalized spacial score (nSPS) is 11.3. The second-order valence-electron chi connectivity index (χ2n) is 14.1. The first-order chi connectivity index (χ1) is 26.8. The van der Waals surface area contributed by atoms with Crippen molar-refractivity contribution in [1.29, 1.82) is 0 Å². The van der Waals surface area contributed by atoms with Gasteiger partial charge in [0, 0.05) is 0 Å². The maximum atomic E-state index is 2.41. The van der Waals surface area contributed by atoms with Gasteiger partial charge >= 0.3 is 0 Å². The predicted molar refractivity (Wildman–Crippen MR) is 232 cm³/mol. The van der Waals surface area contributed by atoms with Gasteiger partial charge in [-0.15, -0.1) is 0 Å². The number of fused-ring (bicyclic) bond motifs is 3. The van der Waals surface area contributed by atoms with Gasteiger partial charge in [0.05, 0.1) is 0 Å². The van der Waals surface area contributed by atoms with Crippen molar-refractivity contribution in [2.45, 2.75) is 0 Å². The highest BCUT2D eigenvalue weighted by Gasteiger charge is 2.18. The van der Waals surface area contributed by atoms with E-state index in [1.54, 1.807) is 0 Å². The molecule has 10 aromatic carbocycles. The van der Waals surface area contributed by atoms with Crippen LogP contribution in [0.5, 0.6) is 0 Å². The van der Waals surface area contributed by atoms with E-state index in [0.29, 0.717) is 0 Å². The zero-order chi connectivity index (χ0) is 35.8. The van der Waals surface area contributed by atoms with Crippen molar-refractivity contribution in [3.8, 4) is 66.8 Å². The molecule has 0 saturated carbocycles. The highest BCUT2D eigenvalue weighted by Crippen LogP contribution is 2.46. The summed E-state index contributed by atoms with van der Waals surface area (Å²) in [6, 6.07) is 79.8. The lowest BCUT2D eigenvalue weighted by Gasteiger charge is -2.19. The Kier molecular flexibility index (Phi) is 7.93. The van der Waals surface area contributed by atoms with Gasteiger partial charge in [-0.05, 0) is 111 Å². The second-order valence-corrected chi connectivity index (χ2v) is 14.1. The molecule has 0 nitrogen and oxygen atoms in total. The summed E-state index contributed by atoms with van der Waals surface area (Å²) in [5, 5.41) is 7.51. The third kappa shape index (κ3) is 5.66. The largest absolute Gasteiger partial charge is 0.0622 e. The minimum absolute atomic E-state index is 1.20. The molecule has 10 aromatic rings. The van der Waals surface area contributed by atoms with E-state index in [-0.39, 0.29) is 0 Å². The standard InChI is InChI=1S/C54H36/c1-3-13-37(14-4-1)39-25-27-41(28-26-39)44-33-34-51-52(36-44)53(43-31-29-40(30-32-43)38-15-5-2-6-16-38)49-22-9-10-23-50(49)54(51)46-20-11-19-45(35-46)48-24-12-18-42-17-7-8-21-47(42)48/h1-36H. The molecule has 0 atom stereocenters. The van der Waals surface area contributed by atoms with E-state index in [0.717, 1.165) is 0 Å². The topological polar surface area (TPSA) is 0 Å². The summed E-state index contributed by atoms with van der Waals surface area (Å²) in [6.45, 7) is 0. The highest BCUT2D eigenvalue weighted by molar-refractivity contribution is 6.22. The molecular weight excluding hydrogens is 649 g/mol. The fourth-order valence-electron chi connectivity index (χ4n) is 8.25. The molecule has 0 amide bonds. The average Bonchev–Trinajstić information content (AvgIpc) is 3.26. The molecule has 0 radical (unpaired) electrons. The molecule has 54 heavy (non-hydrogen) atoms. The summed E-state index contributed by atoms with van der Waals surface area (Å²) in [4.78, 5) is 0. The van der Waals surface area contributed by atoms with Crippen LogP contribution in [-0.2, 0) is 0 Å². The van der Waals surface area contributed by atoms with E-state index >= 15 is 0 Å². The molecule has 0 aliphatic rings. The lowest BCUT2D eigenvalue weighted by molar-refractivity contribution is 1.59. The first kappa shape index (κ1) is 31.7. The SMILES string of the molecule is c1ccc(-c2ccc(-c3ccc4c(-c5cccc(-c6cccc7ccccc67)c5)c5ccccc5c(-c5ccc(-c6ccccc6)cc5)c4c3)cc2)cc1. The number of hydrogen-bond acceptors (Lipinski definition) is 0. The third-order valence-corrected chi connectivity index (χ3v) is 10.9. The van der Waals surface area contributed by atoms with Crippen LogP contribution in [0.15, 0.2) is 218 Å². The van der Waals surface area contributed by atoms with Crippen LogP contribution in [0.2, 0.25) is 0 Å². The van der Waals surface area contributed by atoms with Crippen LogP contribution >= 0.6 is 0 Å². The summed E-state index contributed by atoms with van der Waals surface area (Å²) in [5.41, 5.74) is 14.7. The Balaban J connectivity index is 1.20. The van der Waals surface area contributed by atoms with Crippen molar-refractivity contribution < 1.29 is 0 Å². The first-order valence-electron chi connectivity index (χ1n) is 18.7. The first-order valence-corrected chi connectivity index (χ1v) is 18.7. The van der Waals surface area contributed by atoms with Crippen molar-refractivity contribution in [2.75, 3.05) is 0 Å². The van der Waals surface area contributed by atoms with Crippen LogP contribution in [0.25, 0.3) is 99.1 Å². The minimum Gasteiger partial charge on any atom is -0.0622 e. The molecule has 0 spiro atoms. The lowest BCUT2D eigenvalue weighted by atomic mass is 9.84. The maximum absolute atomic E-state index is 2.41. The quantitative estimate of drug-likeness (QED) is 0.153. The summed E-state index contributed by atoms with van der Waals surface area (Å²) in [7, 11) is 0. The van der Waals surface area contributed by atoms with Crippen molar-refractivity contribution in [3.63, 3.8) is 0 Å². The molecular formula is C54H36. The fraction of sp³-hybridized carbons (Fsp3) is 0. The summed E-state index contributed by atoms with van der Waals surface area (Å²) in [6.07, 6.45) is 0. The molecule has 10 rings (SSSR count). The van der Waals surface area contributed by atoms with E-state index in [1.165, 1.54) is 99.1 Å². The average molecular weight is 685 g/mol. The molecule has 0 fully saturated rings. The molecule has 0 saturated heterocycles. The molecule has 0 heteroatoms. The van der Waals surface area contributed by atoms with E-state index in [9.17, 15) is 0 Å². The van der Waals surface area contributed by atoms with Gasteiger partial charge in [0.25, 0.3) is 0 Å². The van der Waals surface area contributed by atoms with Crippen LogP contribution < -0.4 is 0 Å². The summed E-state index contributed by atoms with van der Waals surface area (Å²) >= 11 is 0. The van der Waals surface area contributed by atoms with Crippen molar-refractivity contribution >= 4 is 32.3 Å². The van der Waals surface area contributed by atoms with Gasteiger partial charge in [0.15, 0.2) is 0 Å². The molecule has 0 aromatic heterocycles. The van der Waals surface area contributed by atoms with Gasteiger partial charge in [-0.1, -0.05) is 206 Å². The van der Waals surface area contributed by atoms with Crippen LogP contribution in [0, 0.1) is 0 Å². The minimum atomic E-state index is 1.20. The van der Waals surface area contributed by atoms with Crippen LogP contribution in [0.1, 0.15) is 0 Å². The van der Waals surface area contributed by atoms with Gasteiger partial charge in [-0.2, -0.15) is 0 Å². The molecule has 0 heterocycles. The molecule has 0 N–H and O–H groups in total. The second kappa shape index (κ2) is 13.5. The number of benzene rings is 10. The third-order valence-electron chi connectivity index (χ3n) is 10.9. The van der Waals surface area contributed by atoms with Gasteiger partial charge in [-0.3, -0.25) is 0 Å². The molecule has 0 aliphatic heterocycles. The van der Waals surface area contributed by atoms with Gasteiger partial charge < -0.3 is 0 Å². The number of rotatable bonds is 6. The number of hydrogen-bond donors (Lipinski definition) is 0. The molecule has 0 bridgehead atoms. The highest BCUT2D eigenvalue weighted by atomic mass is 14.2. The summed E-state index contributed by atoms with van der Waals surface area (Å²) < 4.78 is 0. The van der Waals surface area contributed by atoms with E-state index < -0.39 is 0 Å². The zero-order valence-electron chi connectivity index (χ0n) is 29.8. The van der Waals surface area contributed by atoms with Crippen molar-refractivity contribution in [2.24, 2.45) is 0 Å². The Morgan fingerprint density at radius 3 is 1.24 bits per heavy atom. The lowest BCUT2D eigenvalue weighted by Crippen LogP contribution is -1.92. The van der Waals surface area contributed by atoms with Crippen molar-refractivity contribution in [3.05, 3.63) is 218 Å². The van der Waals surface area contributed by atoms with E-state index in [1.807, 2.05) is 0 Å². The zero-order valence-corrected chi connectivity index (χ0v) is 29.8. The van der Waals surface area contributed by atoms with E-state index in [2.05, 4.69) is 218 Å². The Labute approximate surface area is 316 Å². The van der Waals surface area contributed by atoms with Crippen LogP contribution in [-0.4, -0.2) is 0 Å². The van der Waals surface area contributed by atoms with Gasteiger partial charge in [0.2, 0.25) is 0 Å². The van der Waals surface area contributed by atoms with Crippen LogP contribution in [0.4, 0.5) is 0 Å². The Bertz CT molecular complexity index is 2930. The molecule has 0 aliphatic carbocycles. The maximum Gasteiger partial charge on any atom is -0.00261 e. The Morgan fingerprint density at radius 1 is 0.185 bits per heavy atom. The Morgan fingerprint density at radius 2 is 0.593 bits per heavy atom.